The first-order chi connectivity index (χ1) is 21.7. The van der Waals surface area contributed by atoms with Crippen LogP contribution in [0.3, 0.4) is 0 Å². The summed E-state index contributed by atoms with van der Waals surface area (Å²) in [7, 11) is -3.71. The quantitative estimate of drug-likeness (QED) is 0.200. The van der Waals surface area contributed by atoms with Crippen molar-refractivity contribution in [3.8, 4) is 5.75 Å². The summed E-state index contributed by atoms with van der Waals surface area (Å²) in [5.41, 5.74) is 2.25. The minimum absolute atomic E-state index is 0.0269. The number of benzene rings is 2. The summed E-state index contributed by atoms with van der Waals surface area (Å²) in [6.07, 6.45) is 9.94. The van der Waals surface area contributed by atoms with Gasteiger partial charge < -0.3 is 25.2 Å². The predicted molar refractivity (Wildman–Crippen MR) is 181 cm³/mol. The molecule has 1 aromatic heterocycles. The molecule has 3 fully saturated rings. The topological polar surface area (TPSA) is 112 Å². The Balaban J connectivity index is 1.17. The summed E-state index contributed by atoms with van der Waals surface area (Å²) >= 11 is 6.48. The van der Waals surface area contributed by atoms with Crippen molar-refractivity contribution in [2.75, 3.05) is 48.3 Å². The lowest BCUT2D eigenvalue weighted by Gasteiger charge is -2.41. The number of aromatic nitrogens is 2. The number of piperidine rings is 2. The molecular weight excluding hydrogens is 610 g/mol. The molecule has 45 heavy (non-hydrogen) atoms. The van der Waals surface area contributed by atoms with E-state index in [1.165, 1.54) is 51.4 Å². The number of para-hydroxylation sites is 1. The van der Waals surface area contributed by atoms with E-state index in [1.807, 2.05) is 19.9 Å². The monoisotopic (exact) mass is 653 g/mol. The molecule has 0 radical (unpaired) electrons. The number of hydrogen-bond donors (Lipinski definition) is 3. The van der Waals surface area contributed by atoms with E-state index >= 15 is 0 Å². The summed E-state index contributed by atoms with van der Waals surface area (Å²) in [4.78, 5) is 14.3. The molecule has 1 aliphatic carbocycles. The lowest BCUT2D eigenvalue weighted by atomic mass is 9.99. The summed E-state index contributed by atoms with van der Waals surface area (Å²) in [6, 6.07) is 13.6. The van der Waals surface area contributed by atoms with E-state index in [2.05, 4.69) is 47.3 Å². The lowest BCUT2D eigenvalue weighted by molar-refractivity contribution is 0.141. The molecule has 10 nitrogen and oxygen atoms in total. The molecule has 1 saturated carbocycles. The molecule has 242 valence electrons. The van der Waals surface area contributed by atoms with E-state index in [9.17, 15) is 8.42 Å². The largest absolute Gasteiger partial charge is 0.489 e. The third-order valence-electron chi connectivity index (χ3n) is 8.74. The maximum Gasteiger partial charge on any atom is 0.242 e. The van der Waals surface area contributed by atoms with Crippen LogP contribution in [-0.2, 0) is 10.0 Å². The molecule has 2 aromatic carbocycles. The zero-order chi connectivity index (χ0) is 31.4. The van der Waals surface area contributed by atoms with Gasteiger partial charge in [0.2, 0.25) is 16.0 Å². The van der Waals surface area contributed by atoms with Crippen molar-refractivity contribution in [2.45, 2.75) is 75.8 Å². The van der Waals surface area contributed by atoms with Gasteiger partial charge in [0.05, 0.1) is 23.7 Å². The van der Waals surface area contributed by atoms with Crippen molar-refractivity contribution in [2.24, 2.45) is 5.92 Å². The van der Waals surface area contributed by atoms with E-state index in [4.69, 9.17) is 16.3 Å². The molecule has 3 aromatic rings. The minimum Gasteiger partial charge on any atom is -0.489 e. The first-order valence-corrected chi connectivity index (χ1v) is 18.1. The van der Waals surface area contributed by atoms with Crippen LogP contribution in [0.15, 0.2) is 53.6 Å². The molecule has 3 aliphatic rings. The van der Waals surface area contributed by atoms with Crippen LogP contribution in [0.2, 0.25) is 5.02 Å². The van der Waals surface area contributed by atoms with Gasteiger partial charge in [-0.1, -0.05) is 30.2 Å². The second kappa shape index (κ2) is 14.1. The van der Waals surface area contributed by atoms with Crippen LogP contribution in [0.1, 0.15) is 58.8 Å². The summed E-state index contributed by atoms with van der Waals surface area (Å²) in [6.45, 7) is 8.98. The third-order valence-corrected chi connectivity index (χ3v) is 10.5. The van der Waals surface area contributed by atoms with E-state index < -0.39 is 10.0 Å². The van der Waals surface area contributed by atoms with Crippen LogP contribution < -0.4 is 25.0 Å². The Hall–Kier alpha value is -3.12. The van der Waals surface area contributed by atoms with Crippen LogP contribution in [0.5, 0.6) is 5.75 Å². The number of halogens is 1. The second-order valence-electron chi connectivity index (χ2n) is 12.6. The predicted octanol–water partition coefficient (Wildman–Crippen LogP) is 6.55. The van der Waals surface area contributed by atoms with Gasteiger partial charge in [0.15, 0.2) is 5.82 Å². The number of sulfonamides is 1. The number of anilines is 5. The lowest BCUT2D eigenvalue weighted by Crippen LogP contribution is -2.46. The number of nitrogens with one attached hydrogen (secondary N) is 3. The zero-order valence-corrected chi connectivity index (χ0v) is 27.7. The van der Waals surface area contributed by atoms with Crippen LogP contribution in [0, 0.1) is 5.92 Å². The molecule has 2 aliphatic heterocycles. The first-order valence-electron chi connectivity index (χ1n) is 16.2. The Kier molecular flexibility index (Phi) is 9.99. The Labute approximate surface area is 272 Å². The maximum atomic E-state index is 13.1. The van der Waals surface area contributed by atoms with Crippen molar-refractivity contribution < 1.29 is 13.2 Å². The average Bonchev–Trinajstić information content (AvgIpc) is 3.88. The molecule has 0 spiro atoms. The highest BCUT2D eigenvalue weighted by Crippen LogP contribution is 2.35. The van der Waals surface area contributed by atoms with Gasteiger partial charge in [-0.15, -0.1) is 0 Å². The SMILES string of the molecule is CC(C)Oc1cc(N2CCC(N3CCCCC3)CC2)ccc1Nc1ncc(Cl)c(Nc2ccccc2S(=O)(=O)NCC2CC2)n1. The molecule has 3 heterocycles. The van der Waals surface area contributed by atoms with Gasteiger partial charge in [0, 0.05) is 37.4 Å². The van der Waals surface area contributed by atoms with Gasteiger partial charge in [-0.3, -0.25) is 0 Å². The Morgan fingerprint density at radius 2 is 1.71 bits per heavy atom. The molecular formula is C33H44ClN7O3S. The van der Waals surface area contributed by atoms with Gasteiger partial charge >= 0.3 is 0 Å². The number of rotatable bonds is 12. The number of nitrogens with zero attached hydrogens (tertiary/aromatic N) is 4. The van der Waals surface area contributed by atoms with Gasteiger partial charge in [0.25, 0.3) is 0 Å². The van der Waals surface area contributed by atoms with Crippen LogP contribution in [0.4, 0.5) is 28.8 Å². The van der Waals surface area contributed by atoms with Crippen molar-refractivity contribution in [3.63, 3.8) is 0 Å². The first kappa shape index (κ1) is 31.8. The summed E-state index contributed by atoms with van der Waals surface area (Å²) in [5.74, 6) is 1.73. The van der Waals surface area contributed by atoms with Gasteiger partial charge in [-0.2, -0.15) is 4.98 Å². The van der Waals surface area contributed by atoms with Crippen molar-refractivity contribution >= 4 is 50.5 Å². The van der Waals surface area contributed by atoms with E-state index in [0.29, 0.717) is 41.7 Å². The number of ether oxygens (including phenoxy) is 1. The van der Waals surface area contributed by atoms with Crippen LogP contribution in [-0.4, -0.2) is 68.2 Å². The molecule has 12 heteroatoms. The Morgan fingerprint density at radius 1 is 0.956 bits per heavy atom. The molecule has 0 bridgehead atoms. The molecule has 6 rings (SSSR count). The molecule has 0 amide bonds. The highest BCUT2D eigenvalue weighted by atomic mass is 35.5. The van der Waals surface area contributed by atoms with E-state index in [1.54, 1.807) is 24.3 Å². The van der Waals surface area contributed by atoms with Gasteiger partial charge in [-0.25, -0.2) is 18.1 Å². The maximum absolute atomic E-state index is 13.1. The van der Waals surface area contributed by atoms with Crippen LogP contribution >= 0.6 is 11.6 Å². The van der Waals surface area contributed by atoms with Gasteiger partial charge in [-0.05, 0) is 95.6 Å². The normalized spacial score (nSPS) is 18.3. The van der Waals surface area contributed by atoms with Crippen LogP contribution in [0.25, 0.3) is 0 Å². The smallest absolute Gasteiger partial charge is 0.242 e. The minimum atomic E-state index is -3.71. The fourth-order valence-corrected chi connectivity index (χ4v) is 7.54. The molecule has 0 atom stereocenters. The fraction of sp³-hybridized carbons (Fsp3) is 0.515. The Bertz CT molecular complexity index is 1570. The highest BCUT2D eigenvalue weighted by molar-refractivity contribution is 7.89. The van der Waals surface area contributed by atoms with E-state index in [0.717, 1.165) is 37.3 Å². The Morgan fingerprint density at radius 3 is 2.44 bits per heavy atom. The third kappa shape index (κ3) is 8.19. The molecule has 3 N–H and O–H groups in total. The highest BCUT2D eigenvalue weighted by Gasteiger charge is 2.27. The standard InChI is InChI=1S/C33H44ClN7O3S/c1-23(2)44-30-20-26(41-18-14-25(15-19-41)40-16-6-3-7-17-40)12-13-28(30)38-33-35-22-27(34)32(39-33)37-29-8-4-5-9-31(29)45(42,43)36-21-24-10-11-24/h4-5,8-9,12-13,20,22-25,36H,3,6-7,10-11,14-19,21H2,1-2H3,(H2,35,37,38,39). The summed E-state index contributed by atoms with van der Waals surface area (Å²) < 4.78 is 35.1. The number of likely N-dealkylation sites (tertiary alicyclic amines) is 1. The fourth-order valence-electron chi connectivity index (χ4n) is 6.13. The van der Waals surface area contributed by atoms with Crippen molar-refractivity contribution in [3.05, 3.63) is 53.7 Å². The van der Waals surface area contributed by atoms with Gasteiger partial charge in [0.1, 0.15) is 15.7 Å². The summed E-state index contributed by atoms with van der Waals surface area (Å²) in [5, 5.41) is 6.68. The van der Waals surface area contributed by atoms with Crippen molar-refractivity contribution in [1.82, 2.24) is 19.6 Å². The van der Waals surface area contributed by atoms with E-state index in [-0.39, 0.29) is 16.0 Å². The van der Waals surface area contributed by atoms with Crippen molar-refractivity contribution in [1.29, 1.82) is 0 Å². The molecule has 2 saturated heterocycles. The average molecular weight is 654 g/mol. The second-order valence-corrected chi connectivity index (χ2v) is 14.7. The number of hydrogen-bond acceptors (Lipinski definition) is 9. The molecule has 0 unspecified atom stereocenters. The zero-order valence-electron chi connectivity index (χ0n) is 26.1.